The molecule has 0 aliphatic heterocycles. The smallest absolute Gasteiger partial charge is 0.337 e. The van der Waals surface area contributed by atoms with E-state index in [1.165, 1.54) is 11.1 Å². The van der Waals surface area contributed by atoms with Gasteiger partial charge in [-0.3, -0.25) is 5.01 Å². The maximum atomic E-state index is 11.6. The number of amidine groups is 1. The largest absolute Gasteiger partial charge is 0.504 e. The summed E-state index contributed by atoms with van der Waals surface area (Å²) in [5.74, 6) is -0.984. The van der Waals surface area contributed by atoms with E-state index in [4.69, 9.17) is 5.73 Å². The molecule has 158 valence electrons. The Morgan fingerprint density at radius 3 is 2.39 bits per heavy atom. The fourth-order valence-electron chi connectivity index (χ4n) is 2.97. The number of carbonyl (C=O) groups is 1. The number of hydrazone groups is 1. The van der Waals surface area contributed by atoms with Gasteiger partial charge in [-0.15, -0.1) is 10.2 Å². The monoisotopic (exact) mass is 417 g/mol. The Bertz CT molecular complexity index is 1170. The van der Waals surface area contributed by atoms with Gasteiger partial charge in [-0.2, -0.15) is 5.10 Å². The van der Waals surface area contributed by atoms with E-state index < -0.39 is 5.97 Å². The van der Waals surface area contributed by atoms with E-state index in [-0.39, 0.29) is 28.5 Å². The maximum absolute atomic E-state index is 11.6. The summed E-state index contributed by atoms with van der Waals surface area (Å²) in [6.45, 7) is 3.70. The molecule has 0 aliphatic rings. The highest BCUT2D eigenvalue weighted by atomic mass is 16.4. The van der Waals surface area contributed by atoms with Crippen LogP contribution in [0.4, 0.5) is 17.1 Å². The van der Waals surface area contributed by atoms with Gasteiger partial charge in [-0.25, -0.2) is 4.79 Å². The first-order valence-electron chi connectivity index (χ1n) is 9.49. The Kier molecular flexibility index (Phi) is 6.30. The van der Waals surface area contributed by atoms with Crippen molar-refractivity contribution in [2.75, 3.05) is 17.8 Å². The van der Waals surface area contributed by atoms with Crippen molar-refractivity contribution in [2.24, 2.45) is 15.3 Å². The fourth-order valence-corrected chi connectivity index (χ4v) is 2.97. The summed E-state index contributed by atoms with van der Waals surface area (Å²) in [6, 6.07) is 17.4. The molecule has 0 saturated heterocycles. The van der Waals surface area contributed by atoms with Crippen molar-refractivity contribution in [3.05, 3.63) is 82.9 Å². The Hall–Kier alpha value is -4.20. The zero-order chi connectivity index (χ0) is 22.5. The van der Waals surface area contributed by atoms with Crippen molar-refractivity contribution < 1.29 is 15.0 Å². The Morgan fingerprint density at radius 1 is 1.00 bits per heavy atom. The fraction of sp³-hybridized carbons (Fsp3) is 0.130. The molecule has 8 heteroatoms. The number of aryl methyl sites for hydroxylation is 2. The lowest BCUT2D eigenvalue weighted by molar-refractivity contribution is 0.0697. The van der Waals surface area contributed by atoms with E-state index >= 15 is 0 Å². The number of nitrogen functional groups attached to an aromatic ring is 1. The van der Waals surface area contributed by atoms with Crippen LogP contribution >= 0.6 is 0 Å². The Morgan fingerprint density at radius 2 is 1.71 bits per heavy atom. The number of carboxylic acids is 1. The predicted molar refractivity (Wildman–Crippen MR) is 121 cm³/mol. The number of hydrogen-bond donors (Lipinski definition) is 3. The molecule has 8 nitrogen and oxygen atoms in total. The highest BCUT2D eigenvalue weighted by molar-refractivity contribution is 6.00. The number of aromatic hydroxyl groups is 1. The van der Waals surface area contributed by atoms with Gasteiger partial charge in [-0.05, 0) is 49.2 Å². The lowest BCUT2D eigenvalue weighted by atomic mass is 10.1. The van der Waals surface area contributed by atoms with Crippen molar-refractivity contribution >= 4 is 28.9 Å². The summed E-state index contributed by atoms with van der Waals surface area (Å²) in [5, 5.41) is 34.1. The van der Waals surface area contributed by atoms with Crippen LogP contribution in [0.3, 0.4) is 0 Å². The molecule has 0 atom stereocenters. The number of hydrogen-bond acceptors (Lipinski definition) is 6. The SMILES string of the molecule is Cc1cc(N)c(O)c(N=N/C(=N\N(C)c2cc(C)ccc2C(=O)O)c2ccccc2)c1. The second-order valence-electron chi connectivity index (χ2n) is 7.06. The van der Waals surface area contributed by atoms with Gasteiger partial charge in [0.2, 0.25) is 5.84 Å². The van der Waals surface area contributed by atoms with Crippen LogP contribution in [0.1, 0.15) is 27.0 Å². The molecule has 0 bridgehead atoms. The number of anilines is 2. The molecule has 0 aliphatic carbocycles. The van der Waals surface area contributed by atoms with Crippen LogP contribution < -0.4 is 10.7 Å². The van der Waals surface area contributed by atoms with E-state index in [1.54, 1.807) is 31.3 Å². The minimum absolute atomic E-state index is 0.116. The van der Waals surface area contributed by atoms with Gasteiger partial charge in [0.1, 0.15) is 5.69 Å². The Balaban J connectivity index is 2.08. The highest BCUT2D eigenvalue weighted by Gasteiger charge is 2.15. The van der Waals surface area contributed by atoms with Crippen LogP contribution in [0.25, 0.3) is 0 Å². The van der Waals surface area contributed by atoms with E-state index in [9.17, 15) is 15.0 Å². The number of benzene rings is 3. The molecule has 0 heterocycles. The van der Waals surface area contributed by atoms with Gasteiger partial charge < -0.3 is 15.9 Å². The average molecular weight is 417 g/mol. The zero-order valence-corrected chi connectivity index (χ0v) is 17.4. The predicted octanol–water partition coefficient (Wildman–Crippen LogP) is 4.87. The average Bonchev–Trinajstić information content (AvgIpc) is 2.74. The summed E-state index contributed by atoms with van der Waals surface area (Å²) >= 11 is 0. The van der Waals surface area contributed by atoms with Crippen molar-refractivity contribution in [1.29, 1.82) is 0 Å². The van der Waals surface area contributed by atoms with E-state index in [2.05, 4.69) is 15.3 Å². The van der Waals surface area contributed by atoms with Crippen molar-refractivity contribution in [2.45, 2.75) is 13.8 Å². The molecule has 31 heavy (non-hydrogen) atoms. The first-order chi connectivity index (χ1) is 14.8. The summed E-state index contributed by atoms with van der Waals surface area (Å²) in [7, 11) is 1.64. The van der Waals surface area contributed by atoms with Crippen molar-refractivity contribution in [1.82, 2.24) is 0 Å². The lowest BCUT2D eigenvalue weighted by Gasteiger charge is -2.17. The number of phenolic OH excluding ortho intramolecular Hbond substituents is 1. The molecule has 3 aromatic rings. The van der Waals surface area contributed by atoms with Crippen molar-refractivity contribution in [3.8, 4) is 5.75 Å². The number of carboxylic acid groups (broad SMARTS) is 1. The first kappa shape index (κ1) is 21.5. The second kappa shape index (κ2) is 9.08. The third-order valence-corrected chi connectivity index (χ3v) is 4.53. The molecule has 0 unspecified atom stereocenters. The van der Waals surface area contributed by atoms with Gasteiger partial charge in [0.25, 0.3) is 0 Å². The summed E-state index contributed by atoms with van der Waals surface area (Å²) in [4.78, 5) is 11.6. The molecule has 0 fully saturated rings. The molecule has 0 aromatic heterocycles. The minimum Gasteiger partial charge on any atom is -0.504 e. The second-order valence-corrected chi connectivity index (χ2v) is 7.06. The normalized spacial score (nSPS) is 11.6. The topological polar surface area (TPSA) is 124 Å². The summed E-state index contributed by atoms with van der Waals surface area (Å²) < 4.78 is 0. The standard InChI is InChI=1S/C23H23N5O3/c1-14-9-10-17(23(30)31)20(13-14)28(3)27-22(16-7-5-4-6-8-16)26-25-19-12-15(2)11-18(24)21(19)29/h4-13,29H,24H2,1-3H3,(H,30,31)/b26-25?,27-22-. The lowest BCUT2D eigenvalue weighted by Crippen LogP contribution is -2.16. The molecule has 4 N–H and O–H groups in total. The molecule has 0 amide bonds. The molecule has 3 rings (SSSR count). The number of nitrogens with two attached hydrogens (primary N) is 1. The number of nitrogens with zero attached hydrogens (tertiary/aromatic N) is 4. The van der Waals surface area contributed by atoms with Crippen LogP contribution in [-0.2, 0) is 0 Å². The number of azo groups is 1. The van der Waals surface area contributed by atoms with Gasteiger partial charge in [0.15, 0.2) is 5.75 Å². The van der Waals surface area contributed by atoms with Gasteiger partial charge in [0, 0.05) is 12.6 Å². The minimum atomic E-state index is -1.06. The first-order valence-corrected chi connectivity index (χ1v) is 9.49. The van der Waals surface area contributed by atoms with Crippen LogP contribution in [0.5, 0.6) is 5.75 Å². The third-order valence-electron chi connectivity index (χ3n) is 4.53. The zero-order valence-electron chi connectivity index (χ0n) is 17.4. The van der Waals surface area contributed by atoms with Crippen LogP contribution in [-0.4, -0.2) is 29.1 Å². The quantitative estimate of drug-likeness (QED) is 0.136. The van der Waals surface area contributed by atoms with Crippen LogP contribution in [0.15, 0.2) is 76.0 Å². The molecule has 0 saturated carbocycles. The maximum Gasteiger partial charge on any atom is 0.337 e. The molecule has 0 spiro atoms. The number of aromatic carboxylic acids is 1. The molecule has 0 radical (unpaired) electrons. The highest BCUT2D eigenvalue weighted by Crippen LogP contribution is 2.34. The molecular weight excluding hydrogens is 394 g/mol. The van der Waals surface area contributed by atoms with Crippen molar-refractivity contribution in [3.63, 3.8) is 0 Å². The molecular formula is C23H23N5O3. The van der Waals surface area contributed by atoms with Gasteiger partial charge in [0.05, 0.1) is 16.9 Å². The van der Waals surface area contributed by atoms with Crippen LogP contribution in [0, 0.1) is 13.8 Å². The summed E-state index contributed by atoms with van der Waals surface area (Å²) in [5.41, 5.74) is 9.15. The van der Waals surface area contributed by atoms with E-state index in [1.807, 2.05) is 44.2 Å². The number of rotatable bonds is 5. The number of phenols is 1. The van der Waals surface area contributed by atoms with Gasteiger partial charge in [-0.1, -0.05) is 36.4 Å². The van der Waals surface area contributed by atoms with E-state index in [0.717, 1.165) is 11.1 Å². The van der Waals surface area contributed by atoms with Crippen LogP contribution in [0.2, 0.25) is 0 Å². The molecule has 3 aromatic carbocycles. The van der Waals surface area contributed by atoms with E-state index in [0.29, 0.717) is 11.3 Å². The summed E-state index contributed by atoms with van der Waals surface area (Å²) in [6.07, 6.45) is 0. The Labute approximate surface area is 180 Å². The third kappa shape index (κ3) is 5.05. The van der Waals surface area contributed by atoms with Gasteiger partial charge >= 0.3 is 5.97 Å².